The second kappa shape index (κ2) is 11.6. The monoisotopic (exact) mass is 484 g/mol. The molecule has 0 aromatic heterocycles. The molecule has 182 valence electrons. The van der Waals surface area contributed by atoms with Crippen LogP contribution in [0.25, 0.3) is 0 Å². The summed E-state index contributed by atoms with van der Waals surface area (Å²) in [4.78, 5) is 30.1. The Morgan fingerprint density at radius 2 is 1.68 bits per heavy atom. The molecular formula is C27H33ClN2O4. The van der Waals surface area contributed by atoms with Gasteiger partial charge in [-0.2, -0.15) is 0 Å². The highest BCUT2D eigenvalue weighted by molar-refractivity contribution is 6.30. The van der Waals surface area contributed by atoms with E-state index in [2.05, 4.69) is 0 Å². The van der Waals surface area contributed by atoms with E-state index in [1.165, 1.54) is 6.42 Å². The van der Waals surface area contributed by atoms with Crippen LogP contribution in [0.15, 0.2) is 48.5 Å². The molecule has 2 aromatic carbocycles. The van der Waals surface area contributed by atoms with Crippen molar-refractivity contribution in [2.24, 2.45) is 5.92 Å². The predicted molar refractivity (Wildman–Crippen MR) is 132 cm³/mol. The summed E-state index contributed by atoms with van der Waals surface area (Å²) in [5.41, 5.74) is 0.871. The van der Waals surface area contributed by atoms with Crippen LogP contribution in [0.5, 0.6) is 11.5 Å². The number of carbonyl (C=O) groups is 2. The Bertz CT molecular complexity index is 975. The van der Waals surface area contributed by atoms with E-state index in [-0.39, 0.29) is 30.3 Å². The molecule has 7 heteroatoms. The Morgan fingerprint density at radius 1 is 0.941 bits per heavy atom. The van der Waals surface area contributed by atoms with Gasteiger partial charge in [0.1, 0.15) is 17.6 Å². The van der Waals surface area contributed by atoms with Crippen LogP contribution in [0.1, 0.15) is 37.7 Å². The number of benzene rings is 2. The van der Waals surface area contributed by atoms with E-state index < -0.39 is 0 Å². The van der Waals surface area contributed by atoms with Crippen molar-refractivity contribution in [3.63, 3.8) is 0 Å². The van der Waals surface area contributed by atoms with E-state index in [0.717, 1.165) is 37.2 Å². The Balaban J connectivity index is 1.46. The molecule has 0 bridgehead atoms. The van der Waals surface area contributed by atoms with Gasteiger partial charge < -0.3 is 19.3 Å². The van der Waals surface area contributed by atoms with Crippen molar-refractivity contribution in [3.05, 3.63) is 59.1 Å². The molecule has 2 aliphatic rings. The van der Waals surface area contributed by atoms with Crippen LogP contribution in [0.3, 0.4) is 0 Å². The van der Waals surface area contributed by atoms with Crippen molar-refractivity contribution in [1.29, 1.82) is 0 Å². The average molecular weight is 485 g/mol. The summed E-state index contributed by atoms with van der Waals surface area (Å²) in [5.74, 6) is 1.59. The van der Waals surface area contributed by atoms with Gasteiger partial charge in [-0.1, -0.05) is 29.8 Å². The van der Waals surface area contributed by atoms with Crippen molar-refractivity contribution in [3.8, 4) is 11.5 Å². The molecule has 0 radical (unpaired) electrons. The lowest BCUT2D eigenvalue weighted by Gasteiger charge is -2.39. The number of nitrogens with zero attached hydrogens (tertiary/aromatic N) is 2. The highest BCUT2D eigenvalue weighted by atomic mass is 35.5. The first-order valence-corrected chi connectivity index (χ1v) is 12.5. The minimum absolute atomic E-state index is 0.0462. The van der Waals surface area contributed by atoms with Gasteiger partial charge in [0, 0.05) is 55.5 Å². The van der Waals surface area contributed by atoms with Gasteiger partial charge in [-0.15, -0.1) is 0 Å². The molecule has 6 nitrogen and oxygen atoms in total. The number of para-hydroxylation sites is 1. The maximum Gasteiger partial charge on any atom is 0.227 e. The zero-order valence-electron chi connectivity index (χ0n) is 19.7. The molecule has 2 atom stereocenters. The summed E-state index contributed by atoms with van der Waals surface area (Å²) >= 11 is 6.02. The highest BCUT2D eigenvalue weighted by Crippen LogP contribution is 2.28. The van der Waals surface area contributed by atoms with Crippen molar-refractivity contribution in [2.45, 2.75) is 44.6 Å². The molecule has 2 fully saturated rings. The van der Waals surface area contributed by atoms with Gasteiger partial charge in [-0.3, -0.25) is 9.59 Å². The Labute approximate surface area is 206 Å². The normalized spacial score (nSPS) is 20.6. The van der Waals surface area contributed by atoms with Gasteiger partial charge in [0.15, 0.2) is 0 Å². The maximum atomic E-state index is 13.2. The standard InChI is InChI=1S/C27H33ClN2O4/c1-33-24-8-4-3-7-20(24)17-27(32)30-16-13-25(34-23-11-9-22(28)10-12-23)21(19-30)18-26(31)29-14-5-2-6-15-29/h3-4,7-12,21,25H,2,5-6,13-19H2,1H3/t21-,25-/m0/s1. The van der Waals surface area contributed by atoms with Gasteiger partial charge in [0.2, 0.25) is 11.8 Å². The second-order valence-corrected chi connectivity index (χ2v) is 9.57. The summed E-state index contributed by atoms with van der Waals surface area (Å²) in [6, 6.07) is 14.9. The third kappa shape index (κ3) is 6.23. The number of piperidine rings is 2. The second-order valence-electron chi connectivity index (χ2n) is 9.13. The van der Waals surface area contributed by atoms with E-state index in [1.54, 1.807) is 19.2 Å². The number of carbonyl (C=O) groups excluding carboxylic acids is 2. The molecule has 0 saturated carbocycles. The van der Waals surface area contributed by atoms with E-state index >= 15 is 0 Å². The number of ether oxygens (including phenoxy) is 2. The van der Waals surface area contributed by atoms with Crippen LogP contribution in [-0.2, 0) is 16.0 Å². The molecule has 2 saturated heterocycles. The van der Waals surface area contributed by atoms with Crippen molar-refractivity contribution in [1.82, 2.24) is 9.80 Å². The Morgan fingerprint density at radius 3 is 2.41 bits per heavy atom. The lowest BCUT2D eigenvalue weighted by atomic mass is 9.90. The molecule has 0 N–H and O–H groups in total. The molecular weight excluding hydrogens is 452 g/mol. The lowest BCUT2D eigenvalue weighted by molar-refractivity contribution is -0.139. The summed E-state index contributed by atoms with van der Waals surface area (Å²) in [6.45, 7) is 2.75. The third-order valence-electron chi connectivity index (χ3n) is 6.80. The zero-order valence-corrected chi connectivity index (χ0v) is 20.5. The summed E-state index contributed by atoms with van der Waals surface area (Å²) in [5, 5.41) is 0.654. The minimum atomic E-state index is -0.134. The van der Waals surface area contributed by atoms with Crippen LogP contribution < -0.4 is 9.47 Å². The SMILES string of the molecule is COc1ccccc1CC(=O)N1CC[C@H](Oc2ccc(Cl)cc2)[C@@H](CC(=O)N2CCCCC2)C1. The number of amides is 2. The van der Waals surface area contributed by atoms with E-state index in [0.29, 0.717) is 36.7 Å². The van der Waals surface area contributed by atoms with Crippen LogP contribution >= 0.6 is 11.6 Å². The first kappa shape index (κ1) is 24.4. The smallest absolute Gasteiger partial charge is 0.227 e. The topological polar surface area (TPSA) is 59.1 Å². The van der Waals surface area contributed by atoms with Gasteiger partial charge in [0.05, 0.1) is 13.5 Å². The number of methoxy groups -OCH3 is 1. The fourth-order valence-electron chi connectivity index (χ4n) is 4.90. The third-order valence-corrected chi connectivity index (χ3v) is 7.05. The number of likely N-dealkylation sites (tertiary alicyclic amines) is 2. The molecule has 4 rings (SSSR count). The number of hydrogen-bond donors (Lipinski definition) is 0. The van der Waals surface area contributed by atoms with Crippen LogP contribution in [0, 0.1) is 5.92 Å². The van der Waals surface area contributed by atoms with Crippen LogP contribution in [0.4, 0.5) is 0 Å². The van der Waals surface area contributed by atoms with Gasteiger partial charge >= 0.3 is 0 Å². The largest absolute Gasteiger partial charge is 0.496 e. The van der Waals surface area contributed by atoms with Gasteiger partial charge in [-0.05, 0) is 49.6 Å². The van der Waals surface area contributed by atoms with Gasteiger partial charge in [-0.25, -0.2) is 0 Å². The first-order valence-electron chi connectivity index (χ1n) is 12.1. The molecule has 2 aliphatic heterocycles. The quantitative estimate of drug-likeness (QED) is 0.576. The lowest BCUT2D eigenvalue weighted by Crippen LogP contribution is -2.50. The Hall–Kier alpha value is -2.73. The summed E-state index contributed by atoms with van der Waals surface area (Å²) in [7, 11) is 1.62. The fourth-order valence-corrected chi connectivity index (χ4v) is 5.02. The number of hydrogen-bond acceptors (Lipinski definition) is 4. The van der Waals surface area contributed by atoms with Gasteiger partial charge in [0.25, 0.3) is 0 Å². The molecule has 0 aliphatic carbocycles. The molecule has 0 unspecified atom stereocenters. The highest BCUT2D eigenvalue weighted by Gasteiger charge is 2.35. The average Bonchev–Trinajstić information content (AvgIpc) is 2.87. The molecule has 0 spiro atoms. The summed E-state index contributed by atoms with van der Waals surface area (Å²) in [6.07, 6.45) is 4.51. The van der Waals surface area contributed by atoms with Crippen molar-refractivity contribution >= 4 is 23.4 Å². The number of rotatable bonds is 7. The molecule has 2 heterocycles. The minimum Gasteiger partial charge on any atom is -0.496 e. The van der Waals surface area contributed by atoms with Crippen LogP contribution in [0.2, 0.25) is 5.02 Å². The molecule has 2 amide bonds. The fraction of sp³-hybridized carbons (Fsp3) is 0.481. The van der Waals surface area contributed by atoms with Crippen LogP contribution in [-0.4, -0.2) is 61.0 Å². The maximum absolute atomic E-state index is 13.2. The Kier molecular flexibility index (Phi) is 8.33. The van der Waals surface area contributed by atoms with Crippen molar-refractivity contribution in [2.75, 3.05) is 33.3 Å². The van der Waals surface area contributed by atoms with E-state index in [9.17, 15) is 9.59 Å². The number of halogens is 1. The molecule has 34 heavy (non-hydrogen) atoms. The van der Waals surface area contributed by atoms with Crippen molar-refractivity contribution < 1.29 is 19.1 Å². The molecule has 2 aromatic rings. The first-order chi connectivity index (χ1) is 16.5. The summed E-state index contributed by atoms with van der Waals surface area (Å²) < 4.78 is 11.7. The zero-order chi connectivity index (χ0) is 23.9. The predicted octanol–water partition coefficient (Wildman–Crippen LogP) is 4.59. The van der Waals surface area contributed by atoms with E-state index in [1.807, 2.05) is 46.2 Å². The van der Waals surface area contributed by atoms with E-state index in [4.69, 9.17) is 21.1 Å².